The van der Waals surface area contributed by atoms with E-state index in [-0.39, 0.29) is 17.7 Å². The van der Waals surface area contributed by atoms with Gasteiger partial charge >= 0.3 is 0 Å². The molecule has 1 aromatic carbocycles. The lowest BCUT2D eigenvalue weighted by molar-refractivity contribution is -0.121. The zero-order chi connectivity index (χ0) is 17.0. The molecule has 126 valence electrons. The molecule has 1 amide bonds. The number of hydrogen-bond acceptors (Lipinski definition) is 4. The summed E-state index contributed by atoms with van der Waals surface area (Å²) in [6, 6.07) is 13.6. The predicted octanol–water partition coefficient (Wildman–Crippen LogP) is 2.90. The maximum atomic E-state index is 12.4. The minimum Gasteiger partial charge on any atom is -0.383 e. The number of hydrogen-bond donors (Lipinski definition) is 2. The fraction of sp³-hybridized carbons (Fsp3) is 0.368. The number of carbonyl (C=O) groups is 1. The highest BCUT2D eigenvalue weighted by molar-refractivity contribution is 8.00. The van der Waals surface area contributed by atoms with Gasteiger partial charge in [0, 0.05) is 6.20 Å². The number of aryl methyl sites for hydroxylation is 1. The van der Waals surface area contributed by atoms with E-state index in [0.717, 1.165) is 23.4 Å². The van der Waals surface area contributed by atoms with E-state index in [1.807, 2.05) is 43.3 Å². The Balaban J connectivity index is 1.62. The molecule has 0 bridgehead atoms. The lowest BCUT2D eigenvalue weighted by Gasteiger charge is -2.35. The molecule has 24 heavy (non-hydrogen) atoms. The van der Waals surface area contributed by atoms with Crippen molar-refractivity contribution < 1.29 is 9.90 Å². The Morgan fingerprint density at radius 3 is 2.92 bits per heavy atom. The molecule has 1 aromatic heterocycles. The van der Waals surface area contributed by atoms with Gasteiger partial charge in [0.15, 0.2) is 0 Å². The third-order valence-corrected chi connectivity index (χ3v) is 5.47. The summed E-state index contributed by atoms with van der Waals surface area (Å²) in [7, 11) is 0. The topological polar surface area (TPSA) is 62.2 Å². The van der Waals surface area contributed by atoms with Crippen molar-refractivity contribution in [1.29, 1.82) is 0 Å². The van der Waals surface area contributed by atoms with Crippen LogP contribution in [-0.4, -0.2) is 27.8 Å². The van der Waals surface area contributed by atoms with Gasteiger partial charge in [-0.05, 0) is 49.4 Å². The first-order chi connectivity index (χ1) is 11.6. The first-order valence-corrected chi connectivity index (χ1v) is 9.13. The van der Waals surface area contributed by atoms with Crippen LogP contribution in [0.15, 0.2) is 53.7 Å². The van der Waals surface area contributed by atoms with Crippen LogP contribution in [0.1, 0.15) is 30.9 Å². The minimum absolute atomic E-state index is 0.0814. The number of pyridine rings is 1. The maximum absolute atomic E-state index is 12.4. The summed E-state index contributed by atoms with van der Waals surface area (Å²) >= 11 is 1.42. The Bertz CT molecular complexity index is 708. The summed E-state index contributed by atoms with van der Waals surface area (Å²) in [4.78, 5) is 16.6. The van der Waals surface area contributed by atoms with Crippen LogP contribution in [0.3, 0.4) is 0 Å². The third kappa shape index (κ3) is 3.79. The maximum Gasteiger partial charge on any atom is 0.233 e. The second kappa shape index (κ2) is 7.36. The Morgan fingerprint density at radius 1 is 1.33 bits per heavy atom. The van der Waals surface area contributed by atoms with Gasteiger partial charge in [-0.25, -0.2) is 4.98 Å². The van der Waals surface area contributed by atoms with E-state index in [9.17, 15) is 9.90 Å². The second-order valence-electron chi connectivity index (χ2n) is 6.19. The first-order valence-electron chi connectivity index (χ1n) is 8.25. The van der Waals surface area contributed by atoms with Crippen LogP contribution in [0.25, 0.3) is 0 Å². The molecule has 0 fully saturated rings. The molecule has 0 radical (unpaired) electrons. The summed E-state index contributed by atoms with van der Waals surface area (Å²) in [6.07, 6.45) is 4.31. The lowest BCUT2D eigenvalue weighted by Crippen LogP contribution is -2.44. The van der Waals surface area contributed by atoms with E-state index < -0.39 is 5.60 Å². The van der Waals surface area contributed by atoms with Crippen LogP contribution in [0.2, 0.25) is 0 Å². The van der Waals surface area contributed by atoms with Crippen LogP contribution >= 0.6 is 11.8 Å². The molecule has 0 saturated heterocycles. The van der Waals surface area contributed by atoms with Crippen molar-refractivity contribution >= 4 is 17.7 Å². The molecule has 4 nitrogen and oxygen atoms in total. The molecule has 1 aliphatic rings. The number of fused-ring (bicyclic) bond motifs is 1. The van der Waals surface area contributed by atoms with Gasteiger partial charge in [0.25, 0.3) is 0 Å². The lowest BCUT2D eigenvalue weighted by atomic mass is 9.79. The van der Waals surface area contributed by atoms with Crippen LogP contribution in [-0.2, 0) is 16.8 Å². The Labute approximate surface area is 146 Å². The van der Waals surface area contributed by atoms with Crippen LogP contribution < -0.4 is 5.32 Å². The van der Waals surface area contributed by atoms with Crippen LogP contribution in [0.5, 0.6) is 0 Å². The van der Waals surface area contributed by atoms with E-state index >= 15 is 0 Å². The van der Waals surface area contributed by atoms with Crippen molar-refractivity contribution in [2.75, 3.05) is 6.54 Å². The van der Waals surface area contributed by atoms with Gasteiger partial charge in [0.05, 0.1) is 16.8 Å². The highest BCUT2D eigenvalue weighted by Crippen LogP contribution is 2.34. The van der Waals surface area contributed by atoms with Crippen LogP contribution in [0.4, 0.5) is 0 Å². The monoisotopic (exact) mass is 342 g/mol. The summed E-state index contributed by atoms with van der Waals surface area (Å²) in [6.45, 7) is 2.10. The van der Waals surface area contributed by atoms with Crippen molar-refractivity contribution in [2.24, 2.45) is 0 Å². The average molecular weight is 342 g/mol. The second-order valence-corrected chi connectivity index (χ2v) is 7.55. The molecule has 2 unspecified atom stereocenters. The number of thioether (sulfide) groups is 1. The number of benzene rings is 1. The zero-order valence-corrected chi connectivity index (χ0v) is 14.6. The van der Waals surface area contributed by atoms with Crippen molar-refractivity contribution in [1.82, 2.24) is 10.3 Å². The summed E-state index contributed by atoms with van der Waals surface area (Å²) < 4.78 is 0. The number of rotatable bonds is 5. The Hall–Kier alpha value is -1.85. The van der Waals surface area contributed by atoms with E-state index in [1.54, 1.807) is 6.20 Å². The van der Waals surface area contributed by atoms with Crippen LogP contribution in [0, 0.1) is 0 Å². The summed E-state index contributed by atoms with van der Waals surface area (Å²) in [5.74, 6) is -0.0814. The van der Waals surface area contributed by atoms with Crippen molar-refractivity contribution in [2.45, 2.75) is 42.1 Å². The number of nitrogens with one attached hydrogen (secondary N) is 1. The number of carbonyl (C=O) groups excluding carboxylic acids is 1. The van der Waals surface area contributed by atoms with Gasteiger partial charge in [-0.2, -0.15) is 0 Å². The predicted molar refractivity (Wildman–Crippen MR) is 95.8 cm³/mol. The highest BCUT2D eigenvalue weighted by Gasteiger charge is 2.34. The Kier molecular flexibility index (Phi) is 5.21. The molecular weight excluding hydrogens is 320 g/mol. The van der Waals surface area contributed by atoms with E-state index in [1.165, 1.54) is 17.3 Å². The Morgan fingerprint density at radius 2 is 2.12 bits per heavy atom. The van der Waals surface area contributed by atoms with Gasteiger partial charge in [0.1, 0.15) is 5.60 Å². The fourth-order valence-corrected chi connectivity index (χ4v) is 3.94. The van der Waals surface area contributed by atoms with Gasteiger partial charge in [-0.3, -0.25) is 4.79 Å². The van der Waals surface area contributed by atoms with E-state index in [2.05, 4.69) is 16.4 Å². The molecule has 2 N–H and O–H groups in total. The SMILES string of the molecule is CC(Sc1ccccn1)C(=O)NCC1(O)CCCc2ccccc21. The molecule has 2 atom stereocenters. The minimum atomic E-state index is -0.972. The molecule has 1 aliphatic carbocycles. The average Bonchev–Trinajstić information content (AvgIpc) is 2.61. The van der Waals surface area contributed by atoms with Gasteiger partial charge in [0.2, 0.25) is 5.91 Å². The molecule has 0 spiro atoms. The molecule has 0 aliphatic heterocycles. The summed E-state index contributed by atoms with van der Waals surface area (Å²) in [5, 5.41) is 14.5. The van der Waals surface area contributed by atoms with Crippen molar-refractivity contribution in [3.63, 3.8) is 0 Å². The third-order valence-electron chi connectivity index (χ3n) is 4.41. The standard InChI is InChI=1S/C19H22N2O2S/c1-14(24-17-10-4-5-12-20-17)18(22)21-13-19(23)11-6-8-15-7-2-3-9-16(15)19/h2-5,7,9-10,12,14,23H,6,8,11,13H2,1H3,(H,21,22). The van der Waals surface area contributed by atoms with Crippen molar-refractivity contribution in [3.05, 3.63) is 59.8 Å². The van der Waals surface area contributed by atoms with Gasteiger partial charge < -0.3 is 10.4 Å². The van der Waals surface area contributed by atoms with Gasteiger partial charge in [-0.15, -0.1) is 0 Å². The molecule has 5 heteroatoms. The van der Waals surface area contributed by atoms with E-state index in [0.29, 0.717) is 6.42 Å². The summed E-state index contributed by atoms with van der Waals surface area (Å²) in [5.41, 5.74) is 1.15. The van der Waals surface area contributed by atoms with E-state index in [4.69, 9.17) is 0 Å². The highest BCUT2D eigenvalue weighted by atomic mass is 32.2. The number of aliphatic hydroxyl groups is 1. The molecule has 0 saturated carbocycles. The number of aromatic nitrogens is 1. The molecule has 3 rings (SSSR count). The van der Waals surface area contributed by atoms with Crippen molar-refractivity contribution in [3.8, 4) is 0 Å². The molecular formula is C19H22N2O2S. The molecule has 2 aromatic rings. The van der Waals surface area contributed by atoms with Gasteiger partial charge in [-0.1, -0.05) is 42.1 Å². The normalized spacial score (nSPS) is 20.9. The zero-order valence-electron chi connectivity index (χ0n) is 13.7. The molecule has 1 heterocycles. The fourth-order valence-electron chi connectivity index (χ4n) is 3.11. The largest absolute Gasteiger partial charge is 0.383 e. The smallest absolute Gasteiger partial charge is 0.233 e. The first kappa shape index (κ1) is 17.0. The number of amides is 1. The quantitative estimate of drug-likeness (QED) is 0.820. The number of nitrogens with zero attached hydrogens (tertiary/aromatic N) is 1.